The normalized spacial score (nSPS) is 27.7. The van der Waals surface area contributed by atoms with E-state index >= 15 is 0 Å². The first-order chi connectivity index (χ1) is 12.5. The van der Waals surface area contributed by atoms with Gasteiger partial charge in [0, 0.05) is 11.1 Å². The van der Waals surface area contributed by atoms with E-state index < -0.39 is 48.2 Å². The molecule has 0 aliphatic carbocycles. The van der Waals surface area contributed by atoms with Crippen molar-refractivity contribution in [1.82, 2.24) is 9.55 Å². The topological polar surface area (TPSA) is 192 Å². The van der Waals surface area contributed by atoms with E-state index in [0.717, 1.165) is 10.8 Å². The number of aromatic nitrogens is 2. The van der Waals surface area contributed by atoms with Gasteiger partial charge in [-0.05, 0) is 32.4 Å². The quantitative estimate of drug-likeness (QED) is 0.312. The number of anilines is 1. The third kappa shape index (κ3) is 4.35. The Balaban J connectivity index is 2.24. The van der Waals surface area contributed by atoms with Crippen molar-refractivity contribution < 1.29 is 29.6 Å². The van der Waals surface area contributed by atoms with Crippen LogP contribution in [0.15, 0.2) is 22.2 Å². The number of amides is 1. The zero-order chi connectivity index (χ0) is 20.4. The van der Waals surface area contributed by atoms with Gasteiger partial charge in [-0.1, -0.05) is 5.11 Å². The summed E-state index contributed by atoms with van der Waals surface area (Å²) < 4.78 is 11.1. The van der Waals surface area contributed by atoms with Gasteiger partial charge in [0.25, 0.3) is 0 Å². The Labute approximate surface area is 152 Å². The fourth-order valence-electron chi connectivity index (χ4n) is 2.40. The number of nitrogens with zero attached hydrogens (tertiary/aromatic N) is 5. The predicted octanol–water partition coefficient (Wildman–Crippen LogP) is -0.160. The lowest BCUT2D eigenvalue weighted by atomic mass is 10.1. The van der Waals surface area contributed by atoms with Crippen LogP contribution in [0.1, 0.15) is 27.0 Å². The van der Waals surface area contributed by atoms with Gasteiger partial charge in [-0.15, -0.1) is 0 Å². The maximum atomic E-state index is 12.2. The van der Waals surface area contributed by atoms with Crippen molar-refractivity contribution in [2.24, 2.45) is 5.11 Å². The number of hydrogen-bond donors (Lipinski definition) is 4. The molecule has 1 saturated heterocycles. The molecule has 13 nitrogen and oxygen atoms in total. The second-order valence-electron chi connectivity index (χ2n) is 6.77. The molecule has 0 spiro atoms. The van der Waals surface area contributed by atoms with Crippen LogP contribution < -0.4 is 11.0 Å². The molecule has 1 aromatic rings. The molecule has 0 radical (unpaired) electrons. The van der Waals surface area contributed by atoms with E-state index in [1.54, 1.807) is 20.8 Å². The monoisotopic (exact) mass is 384 g/mol. The number of azide groups is 1. The summed E-state index contributed by atoms with van der Waals surface area (Å²) in [6.45, 7) is 4.07. The van der Waals surface area contributed by atoms with Gasteiger partial charge >= 0.3 is 11.8 Å². The summed E-state index contributed by atoms with van der Waals surface area (Å²) >= 11 is 0. The number of aliphatic hydroxyl groups excluding tert-OH is 3. The van der Waals surface area contributed by atoms with Crippen LogP contribution in [0.3, 0.4) is 0 Å². The van der Waals surface area contributed by atoms with Crippen LogP contribution in [0, 0.1) is 0 Å². The van der Waals surface area contributed by atoms with Gasteiger partial charge in [-0.25, -0.2) is 9.59 Å². The molecule has 27 heavy (non-hydrogen) atoms. The molecule has 1 aliphatic rings. The van der Waals surface area contributed by atoms with E-state index in [1.807, 2.05) is 0 Å². The highest BCUT2D eigenvalue weighted by Gasteiger charge is 2.54. The number of carbonyl (C=O) groups excluding carboxylic acids is 1. The van der Waals surface area contributed by atoms with Crippen molar-refractivity contribution in [3.63, 3.8) is 0 Å². The number of ether oxygens (including phenoxy) is 2. The fourth-order valence-corrected chi connectivity index (χ4v) is 2.40. The molecule has 4 N–H and O–H groups in total. The Morgan fingerprint density at radius 1 is 1.56 bits per heavy atom. The van der Waals surface area contributed by atoms with E-state index in [2.05, 4.69) is 20.3 Å². The maximum Gasteiger partial charge on any atom is 0.413 e. The fraction of sp³-hybridized carbons (Fsp3) is 0.643. The average molecular weight is 384 g/mol. The number of aliphatic hydroxyl groups is 3. The lowest BCUT2D eigenvalue weighted by molar-refractivity contribution is -0.125. The smallest absolute Gasteiger partial charge is 0.413 e. The first-order valence-corrected chi connectivity index (χ1v) is 7.83. The van der Waals surface area contributed by atoms with Gasteiger partial charge in [-0.3, -0.25) is 9.88 Å². The lowest BCUT2D eigenvalue weighted by Crippen LogP contribution is -2.44. The summed E-state index contributed by atoms with van der Waals surface area (Å²) in [5.41, 5.74) is 4.75. The molecule has 13 heteroatoms. The molecule has 0 bridgehead atoms. The van der Waals surface area contributed by atoms with Crippen LogP contribution in [0.2, 0.25) is 0 Å². The van der Waals surface area contributed by atoms with E-state index in [-0.39, 0.29) is 5.82 Å². The van der Waals surface area contributed by atoms with E-state index in [1.165, 1.54) is 6.07 Å². The summed E-state index contributed by atoms with van der Waals surface area (Å²) in [5.74, 6) is -0.109. The number of rotatable bonds is 4. The molecule has 0 aromatic carbocycles. The van der Waals surface area contributed by atoms with Gasteiger partial charge in [-0.2, -0.15) is 4.98 Å². The van der Waals surface area contributed by atoms with Crippen LogP contribution >= 0.6 is 0 Å². The SMILES string of the molecule is CC(C)(C)OC(=O)Nc1ccn(C2OC(CO)(N=[N+]=[N-])C(O)C2O)c(=O)n1. The molecular formula is C14H20N6O7. The highest BCUT2D eigenvalue weighted by Crippen LogP contribution is 2.37. The largest absolute Gasteiger partial charge is 0.444 e. The van der Waals surface area contributed by atoms with Gasteiger partial charge in [0.05, 0.1) is 6.61 Å². The van der Waals surface area contributed by atoms with Crippen molar-refractivity contribution in [1.29, 1.82) is 0 Å². The van der Waals surface area contributed by atoms with Crippen LogP contribution in [-0.4, -0.2) is 61.1 Å². The molecule has 1 fully saturated rings. The Morgan fingerprint density at radius 3 is 2.74 bits per heavy atom. The molecule has 2 heterocycles. The highest BCUT2D eigenvalue weighted by atomic mass is 16.6. The Bertz CT molecular complexity index is 815. The van der Waals surface area contributed by atoms with E-state index in [9.17, 15) is 24.9 Å². The van der Waals surface area contributed by atoms with Gasteiger partial charge in [0.15, 0.2) is 6.23 Å². The first-order valence-electron chi connectivity index (χ1n) is 7.83. The standard InChI is InChI=1S/C14H20N6O7/c1-13(2,3)27-12(25)17-7-4-5-20(11(24)16-7)10-8(22)9(23)14(6-21,26-10)18-19-15/h4-5,8-10,21-23H,6H2,1-3H3,(H,16,17,24,25). The number of nitrogens with one attached hydrogen (secondary N) is 1. The van der Waals surface area contributed by atoms with Crippen molar-refractivity contribution in [3.05, 3.63) is 33.2 Å². The molecule has 0 saturated carbocycles. The molecule has 1 aromatic heterocycles. The third-order valence-corrected chi connectivity index (χ3v) is 3.58. The Kier molecular flexibility index (Phi) is 5.73. The number of hydrogen-bond acceptors (Lipinski definition) is 9. The van der Waals surface area contributed by atoms with Crippen LogP contribution in [0.5, 0.6) is 0 Å². The van der Waals surface area contributed by atoms with Crippen LogP contribution in [-0.2, 0) is 9.47 Å². The minimum atomic E-state index is -2.15. The van der Waals surface area contributed by atoms with Gasteiger partial charge < -0.3 is 24.8 Å². The molecule has 2 rings (SSSR count). The molecular weight excluding hydrogens is 364 g/mol. The average Bonchev–Trinajstić information content (AvgIpc) is 2.79. The summed E-state index contributed by atoms with van der Waals surface area (Å²) in [6, 6.07) is 1.24. The van der Waals surface area contributed by atoms with Crippen LogP contribution in [0.25, 0.3) is 10.4 Å². The van der Waals surface area contributed by atoms with Crippen molar-refractivity contribution in [2.45, 2.75) is 50.5 Å². The predicted molar refractivity (Wildman–Crippen MR) is 89.5 cm³/mol. The van der Waals surface area contributed by atoms with E-state index in [4.69, 9.17) is 15.0 Å². The zero-order valence-corrected chi connectivity index (χ0v) is 14.8. The second-order valence-corrected chi connectivity index (χ2v) is 6.77. The molecule has 1 amide bonds. The second kappa shape index (κ2) is 7.50. The van der Waals surface area contributed by atoms with Crippen LogP contribution in [0.4, 0.5) is 10.6 Å². The van der Waals surface area contributed by atoms with E-state index in [0.29, 0.717) is 0 Å². The summed E-state index contributed by atoms with van der Waals surface area (Å²) in [7, 11) is 0. The molecule has 148 valence electrons. The number of carbonyl (C=O) groups is 1. The van der Waals surface area contributed by atoms with Crippen molar-refractivity contribution >= 4 is 11.9 Å². The summed E-state index contributed by atoms with van der Waals surface area (Å²) in [5, 5.41) is 35.0. The first kappa shape index (κ1) is 20.6. The summed E-state index contributed by atoms with van der Waals surface area (Å²) in [4.78, 5) is 30.0. The van der Waals surface area contributed by atoms with Gasteiger partial charge in [0.2, 0.25) is 5.72 Å². The summed E-state index contributed by atoms with van der Waals surface area (Å²) in [6.07, 6.45) is -4.62. The highest BCUT2D eigenvalue weighted by molar-refractivity contribution is 5.83. The molecule has 1 aliphatic heterocycles. The van der Waals surface area contributed by atoms with Crippen molar-refractivity contribution in [3.8, 4) is 0 Å². The molecule has 4 atom stereocenters. The minimum Gasteiger partial charge on any atom is -0.444 e. The minimum absolute atomic E-state index is 0.109. The third-order valence-electron chi connectivity index (χ3n) is 3.58. The lowest BCUT2D eigenvalue weighted by Gasteiger charge is -2.23. The Hall–Kier alpha value is -2.70. The maximum absolute atomic E-state index is 12.2. The Morgan fingerprint density at radius 2 is 2.22 bits per heavy atom. The molecule has 4 unspecified atom stereocenters. The van der Waals surface area contributed by atoms with Crippen molar-refractivity contribution in [2.75, 3.05) is 11.9 Å². The zero-order valence-electron chi connectivity index (χ0n) is 14.8. The van der Waals surface area contributed by atoms with Gasteiger partial charge in [0.1, 0.15) is 23.6 Å².